The lowest BCUT2D eigenvalue weighted by molar-refractivity contribution is -0.386. The number of hydrogen-bond acceptors (Lipinski definition) is 5. The summed E-state index contributed by atoms with van der Waals surface area (Å²) in [6.45, 7) is 0. The first-order chi connectivity index (χ1) is 15.1. The minimum absolute atomic E-state index is 0.0597. The molecule has 31 heavy (non-hydrogen) atoms. The number of carbonyl (C=O) groups is 1. The van der Waals surface area contributed by atoms with Gasteiger partial charge in [0.2, 0.25) is 0 Å². The average Bonchev–Trinajstić information content (AvgIpc) is 2.80. The minimum atomic E-state index is -0.739. The Bertz CT molecular complexity index is 1290. The predicted octanol–water partition coefficient (Wildman–Crippen LogP) is 3.98. The molecule has 0 aliphatic heterocycles. The number of nitrogens with one attached hydrogen (secondary N) is 1. The molecule has 0 radical (unpaired) electrons. The Morgan fingerprint density at radius 1 is 1.00 bits per heavy atom. The van der Waals surface area contributed by atoms with Gasteiger partial charge in [0.15, 0.2) is 5.36 Å². The number of benzene rings is 1. The maximum atomic E-state index is 12.4. The molecule has 0 saturated carbocycles. The van der Waals surface area contributed by atoms with Crippen molar-refractivity contribution in [2.24, 2.45) is 4.99 Å². The minimum Gasteiger partial charge on any atom is -0.310 e. The lowest BCUT2D eigenvalue weighted by Gasteiger charge is -2.14. The number of nitro groups is 1. The Morgan fingerprint density at radius 3 is 2.45 bits per heavy atom. The van der Waals surface area contributed by atoms with Crippen molar-refractivity contribution in [3.63, 3.8) is 0 Å². The monoisotopic (exact) mass is 412 g/mol. The van der Waals surface area contributed by atoms with Crippen LogP contribution < -0.4 is 10.7 Å². The summed E-state index contributed by atoms with van der Waals surface area (Å²) >= 11 is 0. The Kier molecular flexibility index (Phi) is 5.57. The molecule has 0 aliphatic carbocycles. The fourth-order valence-corrected chi connectivity index (χ4v) is 3.01. The van der Waals surface area contributed by atoms with Gasteiger partial charge in [-0.05, 0) is 35.9 Å². The summed E-state index contributed by atoms with van der Waals surface area (Å²) in [5, 5.41) is 14.3. The number of nitrogens with zero attached hydrogens (tertiary/aromatic N) is 5. The number of rotatable bonds is 4. The fourth-order valence-electron chi connectivity index (χ4n) is 3.01. The van der Waals surface area contributed by atoms with Crippen molar-refractivity contribution >= 4 is 17.4 Å². The van der Waals surface area contributed by atoms with E-state index in [4.69, 9.17) is 0 Å². The van der Waals surface area contributed by atoms with Crippen molar-refractivity contribution in [3.05, 3.63) is 107 Å². The summed E-state index contributed by atoms with van der Waals surface area (Å²) in [5.41, 5.74) is 2.25. The molecule has 0 spiro atoms. The van der Waals surface area contributed by atoms with Crippen LogP contribution in [-0.2, 0) is 0 Å². The lowest BCUT2D eigenvalue weighted by atomic mass is 10.1. The van der Waals surface area contributed by atoms with Gasteiger partial charge in [-0.25, -0.2) is 4.79 Å². The molecule has 0 unspecified atom stereocenters. The average molecular weight is 412 g/mol. The number of amides is 2. The summed E-state index contributed by atoms with van der Waals surface area (Å²) in [6, 6.07) is 16.9. The fraction of sp³-hybridized carbons (Fsp3) is 0. The van der Waals surface area contributed by atoms with E-state index in [2.05, 4.69) is 20.3 Å². The lowest BCUT2D eigenvalue weighted by Crippen LogP contribution is -2.18. The summed E-state index contributed by atoms with van der Waals surface area (Å²) in [7, 11) is 0. The highest BCUT2D eigenvalue weighted by Gasteiger charge is 2.17. The number of carbonyl (C=O) groups excluding carboxylic acids is 1. The SMILES string of the molecule is O=C(N=c1cc(-c2ccccc2)n(-c2ccncc2)cc1[N+](=O)[O-])Nc1cccnc1. The Hall–Kier alpha value is -4.66. The third kappa shape index (κ3) is 4.51. The van der Waals surface area contributed by atoms with E-state index >= 15 is 0 Å². The highest BCUT2D eigenvalue weighted by atomic mass is 16.6. The van der Waals surface area contributed by atoms with Crippen LogP contribution in [0.25, 0.3) is 16.9 Å². The maximum Gasteiger partial charge on any atom is 0.346 e. The van der Waals surface area contributed by atoms with E-state index in [9.17, 15) is 14.9 Å². The van der Waals surface area contributed by atoms with Crippen LogP contribution in [0.15, 0.2) is 96.6 Å². The first-order valence-corrected chi connectivity index (χ1v) is 9.24. The molecule has 9 nitrogen and oxygen atoms in total. The van der Waals surface area contributed by atoms with Gasteiger partial charge in [-0.2, -0.15) is 4.99 Å². The van der Waals surface area contributed by atoms with Crippen LogP contribution in [0.2, 0.25) is 0 Å². The van der Waals surface area contributed by atoms with Gasteiger partial charge in [0, 0.05) is 24.3 Å². The Morgan fingerprint density at radius 2 is 1.77 bits per heavy atom. The van der Waals surface area contributed by atoms with E-state index < -0.39 is 11.0 Å². The van der Waals surface area contributed by atoms with E-state index in [-0.39, 0.29) is 11.0 Å². The quantitative estimate of drug-likeness (QED) is 0.402. The van der Waals surface area contributed by atoms with E-state index in [1.54, 1.807) is 47.4 Å². The third-order valence-corrected chi connectivity index (χ3v) is 4.39. The van der Waals surface area contributed by atoms with Crippen LogP contribution in [0.1, 0.15) is 0 Å². The smallest absolute Gasteiger partial charge is 0.310 e. The van der Waals surface area contributed by atoms with Crippen molar-refractivity contribution in [2.45, 2.75) is 0 Å². The molecule has 9 heteroatoms. The van der Waals surface area contributed by atoms with Gasteiger partial charge in [0.05, 0.1) is 28.7 Å². The van der Waals surface area contributed by atoms with Gasteiger partial charge in [-0.15, -0.1) is 0 Å². The van der Waals surface area contributed by atoms with E-state index in [0.717, 1.165) is 5.56 Å². The topological polar surface area (TPSA) is 115 Å². The normalized spacial score (nSPS) is 11.2. The first kappa shape index (κ1) is 19.6. The molecule has 3 heterocycles. The zero-order valence-electron chi connectivity index (χ0n) is 16.1. The molecule has 4 rings (SSSR count). The van der Waals surface area contributed by atoms with E-state index in [1.165, 1.54) is 18.5 Å². The molecule has 0 atom stereocenters. The number of pyridine rings is 3. The number of urea groups is 1. The van der Waals surface area contributed by atoms with Gasteiger partial charge in [-0.1, -0.05) is 30.3 Å². The summed E-state index contributed by atoms with van der Waals surface area (Å²) in [4.78, 5) is 35.5. The molecule has 0 saturated heterocycles. The van der Waals surface area contributed by atoms with Gasteiger partial charge < -0.3 is 9.88 Å². The van der Waals surface area contributed by atoms with Crippen LogP contribution in [-0.4, -0.2) is 25.5 Å². The molecule has 0 aliphatic rings. The molecule has 1 aromatic carbocycles. The third-order valence-electron chi connectivity index (χ3n) is 4.39. The molecule has 4 aromatic rings. The van der Waals surface area contributed by atoms with Crippen LogP contribution in [0, 0.1) is 10.1 Å². The van der Waals surface area contributed by atoms with Gasteiger partial charge in [-0.3, -0.25) is 20.1 Å². The largest absolute Gasteiger partial charge is 0.346 e. The molecule has 2 amide bonds. The van der Waals surface area contributed by atoms with Crippen LogP contribution >= 0.6 is 0 Å². The van der Waals surface area contributed by atoms with Crippen molar-refractivity contribution < 1.29 is 9.72 Å². The van der Waals surface area contributed by atoms with Crippen molar-refractivity contribution in [2.75, 3.05) is 5.32 Å². The van der Waals surface area contributed by atoms with Crippen molar-refractivity contribution in [3.8, 4) is 16.9 Å². The summed E-state index contributed by atoms with van der Waals surface area (Å²) < 4.78 is 1.67. The summed E-state index contributed by atoms with van der Waals surface area (Å²) in [5.74, 6) is 0. The highest BCUT2D eigenvalue weighted by Crippen LogP contribution is 2.23. The van der Waals surface area contributed by atoms with Gasteiger partial charge in [0.1, 0.15) is 0 Å². The molecule has 0 fully saturated rings. The Labute approximate surface area is 176 Å². The van der Waals surface area contributed by atoms with Crippen LogP contribution in [0.4, 0.5) is 16.2 Å². The molecule has 152 valence electrons. The predicted molar refractivity (Wildman–Crippen MR) is 114 cm³/mol. The van der Waals surface area contributed by atoms with Crippen molar-refractivity contribution in [1.29, 1.82) is 0 Å². The number of hydrogen-bond donors (Lipinski definition) is 1. The molecular weight excluding hydrogens is 396 g/mol. The molecule has 0 bridgehead atoms. The van der Waals surface area contributed by atoms with Gasteiger partial charge in [0.25, 0.3) is 0 Å². The summed E-state index contributed by atoms with van der Waals surface area (Å²) in [6.07, 6.45) is 7.58. The Balaban J connectivity index is 1.89. The van der Waals surface area contributed by atoms with E-state index in [1.807, 2.05) is 30.3 Å². The molecular formula is C22H16N6O3. The highest BCUT2D eigenvalue weighted by molar-refractivity contribution is 5.90. The van der Waals surface area contributed by atoms with Crippen LogP contribution in [0.5, 0.6) is 0 Å². The molecule has 1 N–H and O–H groups in total. The number of anilines is 1. The second-order valence-electron chi connectivity index (χ2n) is 6.41. The standard InChI is InChI=1S/C22H16N6O3/c29-22(25-17-7-4-10-24-14-17)26-19-13-20(16-5-2-1-3-6-16)27(15-21(19)28(30)31)18-8-11-23-12-9-18/h1-15H,(H,25,29). The van der Waals surface area contributed by atoms with Crippen LogP contribution in [0.3, 0.4) is 0 Å². The number of aromatic nitrogens is 3. The van der Waals surface area contributed by atoms with E-state index in [0.29, 0.717) is 17.1 Å². The zero-order valence-corrected chi connectivity index (χ0v) is 16.1. The molecule has 3 aromatic heterocycles. The zero-order chi connectivity index (χ0) is 21.6. The maximum absolute atomic E-state index is 12.4. The van der Waals surface area contributed by atoms with Crippen molar-refractivity contribution in [1.82, 2.24) is 14.5 Å². The second kappa shape index (κ2) is 8.78. The second-order valence-corrected chi connectivity index (χ2v) is 6.41. The van der Waals surface area contributed by atoms with Gasteiger partial charge >= 0.3 is 11.7 Å². The first-order valence-electron chi connectivity index (χ1n) is 9.24.